The Balaban J connectivity index is 2.32. The lowest BCUT2D eigenvalue weighted by molar-refractivity contribution is 0.675. The Labute approximate surface area is 113 Å². The lowest BCUT2D eigenvalue weighted by Crippen LogP contribution is -2.14. The first-order valence-electron chi connectivity index (χ1n) is 6.20. The predicted molar refractivity (Wildman–Crippen MR) is 75.7 cm³/mol. The van der Waals surface area contributed by atoms with Gasteiger partial charge in [0.25, 0.3) is 0 Å². The van der Waals surface area contributed by atoms with E-state index in [4.69, 9.17) is 11.6 Å². The summed E-state index contributed by atoms with van der Waals surface area (Å²) in [5.74, 6) is 0. The normalized spacial score (nSPS) is 10.8. The molecule has 0 spiro atoms. The molecule has 0 aliphatic carbocycles. The van der Waals surface area contributed by atoms with E-state index < -0.39 is 0 Å². The average Bonchev–Trinajstić information content (AvgIpc) is 2.76. The molecule has 1 aromatic heterocycles. The molecule has 1 heterocycles. The van der Waals surface area contributed by atoms with Crippen LogP contribution in [0.2, 0.25) is 5.02 Å². The molecule has 0 saturated carbocycles. The Morgan fingerprint density at radius 2 is 2.17 bits per heavy atom. The van der Waals surface area contributed by atoms with E-state index in [1.54, 1.807) is 0 Å². The molecule has 18 heavy (non-hydrogen) atoms. The Morgan fingerprint density at radius 3 is 2.83 bits per heavy atom. The fourth-order valence-electron chi connectivity index (χ4n) is 2.00. The Morgan fingerprint density at radius 1 is 1.33 bits per heavy atom. The second kappa shape index (κ2) is 6.03. The van der Waals surface area contributed by atoms with Crippen molar-refractivity contribution < 1.29 is 0 Å². The first-order valence-corrected chi connectivity index (χ1v) is 6.57. The van der Waals surface area contributed by atoms with Crippen LogP contribution in [0.15, 0.2) is 30.5 Å². The molecule has 2 rings (SSSR count). The van der Waals surface area contributed by atoms with E-state index in [0.29, 0.717) is 0 Å². The Kier molecular flexibility index (Phi) is 4.39. The van der Waals surface area contributed by atoms with Gasteiger partial charge in [0, 0.05) is 30.4 Å². The quantitative estimate of drug-likeness (QED) is 0.840. The molecular weight excluding hydrogens is 246 g/mol. The number of hydrogen-bond acceptors (Lipinski definition) is 2. The van der Waals surface area contributed by atoms with Crippen molar-refractivity contribution in [2.24, 2.45) is 7.05 Å². The van der Waals surface area contributed by atoms with Crippen LogP contribution in [0.3, 0.4) is 0 Å². The highest BCUT2D eigenvalue weighted by atomic mass is 35.5. The standard InChI is InChI=1S/C14H18ClN3/c1-3-7-16-10-11-9-12(15)4-5-13(11)14-6-8-17-18(14)2/h4-6,8-9,16H,3,7,10H2,1-2H3. The van der Waals surface area contributed by atoms with Gasteiger partial charge >= 0.3 is 0 Å². The summed E-state index contributed by atoms with van der Waals surface area (Å²) in [6.07, 6.45) is 2.94. The lowest BCUT2D eigenvalue weighted by atomic mass is 10.0. The maximum absolute atomic E-state index is 6.08. The van der Waals surface area contributed by atoms with E-state index in [1.165, 1.54) is 11.1 Å². The maximum atomic E-state index is 6.08. The summed E-state index contributed by atoms with van der Waals surface area (Å²) >= 11 is 6.08. The van der Waals surface area contributed by atoms with Gasteiger partial charge < -0.3 is 5.32 Å². The van der Waals surface area contributed by atoms with Gasteiger partial charge in [-0.1, -0.05) is 24.6 Å². The van der Waals surface area contributed by atoms with E-state index in [9.17, 15) is 0 Å². The zero-order chi connectivity index (χ0) is 13.0. The first-order chi connectivity index (χ1) is 8.72. The number of aryl methyl sites for hydroxylation is 1. The van der Waals surface area contributed by atoms with Crippen LogP contribution in [0.4, 0.5) is 0 Å². The minimum Gasteiger partial charge on any atom is -0.313 e. The van der Waals surface area contributed by atoms with Gasteiger partial charge in [-0.25, -0.2) is 0 Å². The van der Waals surface area contributed by atoms with Crippen LogP contribution < -0.4 is 5.32 Å². The van der Waals surface area contributed by atoms with Crippen molar-refractivity contribution in [3.63, 3.8) is 0 Å². The van der Waals surface area contributed by atoms with Gasteiger partial charge in [-0.05, 0) is 36.7 Å². The van der Waals surface area contributed by atoms with Gasteiger partial charge in [-0.2, -0.15) is 5.10 Å². The fourth-order valence-corrected chi connectivity index (χ4v) is 2.19. The van der Waals surface area contributed by atoms with E-state index in [-0.39, 0.29) is 0 Å². The largest absolute Gasteiger partial charge is 0.313 e. The SMILES string of the molecule is CCCNCc1cc(Cl)ccc1-c1ccnn1C. The Bertz CT molecular complexity index is 520. The van der Waals surface area contributed by atoms with Crippen molar-refractivity contribution in [1.29, 1.82) is 0 Å². The minimum atomic E-state index is 0.772. The van der Waals surface area contributed by atoms with Gasteiger partial charge in [0.2, 0.25) is 0 Å². The van der Waals surface area contributed by atoms with E-state index in [2.05, 4.69) is 23.4 Å². The third-order valence-corrected chi connectivity index (χ3v) is 3.14. The topological polar surface area (TPSA) is 29.9 Å². The molecule has 0 unspecified atom stereocenters. The second-order valence-electron chi connectivity index (χ2n) is 4.32. The van der Waals surface area contributed by atoms with Crippen LogP contribution in [0.1, 0.15) is 18.9 Å². The van der Waals surface area contributed by atoms with Crippen molar-refractivity contribution in [3.05, 3.63) is 41.0 Å². The lowest BCUT2D eigenvalue weighted by Gasteiger charge is -2.11. The summed E-state index contributed by atoms with van der Waals surface area (Å²) in [4.78, 5) is 0. The van der Waals surface area contributed by atoms with E-state index in [0.717, 1.165) is 30.2 Å². The number of nitrogens with zero attached hydrogens (tertiary/aromatic N) is 2. The molecule has 4 heteroatoms. The summed E-state index contributed by atoms with van der Waals surface area (Å²) < 4.78 is 1.88. The molecule has 0 aliphatic heterocycles. The second-order valence-corrected chi connectivity index (χ2v) is 4.75. The average molecular weight is 264 g/mol. The van der Waals surface area contributed by atoms with Gasteiger partial charge in [-0.15, -0.1) is 0 Å². The van der Waals surface area contributed by atoms with Crippen molar-refractivity contribution in [2.75, 3.05) is 6.54 Å². The summed E-state index contributed by atoms with van der Waals surface area (Å²) in [5.41, 5.74) is 3.50. The minimum absolute atomic E-state index is 0.772. The molecule has 0 fully saturated rings. The van der Waals surface area contributed by atoms with Gasteiger partial charge in [-0.3, -0.25) is 4.68 Å². The number of aromatic nitrogens is 2. The van der Waals surface area contributed by atoms with Crippen LogP contribution in [-0.2, 0) is 13.6 Å². The number of hydrogen-bond donors (Lipinski definition) is 1. The highest BCUT2D eigenvalue weighted by Crippen LogP contribution is 2.25. The summed E-state index contributed by atoms with van der Waals surface area (Å²) in [5, 5.41) is 8.40. The molecule has 0 aliphatic rings. The third-order valence-electron chi connectivity index (χ3n) is 2.91. The van der Waals surface area contributed by atoms with Gasteiger partial charge in [0.1, 0.15) is 0 Å². The van der Waals surface area contributed by atoms with Gasteiger partial charge in [0.05, 0.1) is 5.69 Å². The molecule has 0 bridgehead atoms. The van der Waals surface area contributed by atoms with E-state index >= 15 is 0 Å². The van der Waals surface area contributed by atoms with Crippen LogP contribution in [0, 0.1) is 0 Å². The number of benzene rings is 1. The van der Waals surface area contributed by atoms with Crippen molar-refractivity contribution >= 4 is 11.6 Å². The van der Waals surface area contributed by atoms with Gasteiger partial charge in [0.15, 0.2) is 0 Å². The van der Waals surface area contributed by atoms with Crippen molar-refractivity contribution in [3.8, 4) is 11.3 Å². The smallest absolute Gasteiger partial charge is 0.0682 e. The molecule has 96 valence electrons. The third kappa shape index (κ3) is 2.92. The molecule has 0 radical (unpaired) electrons. The fraction of sp³-hybridized carbons (Fsp3) is 0.357. The zero-order valence-electron chi connectivity index (χ0n) is 10.8. The number of halogens is 1. The van der Waals surface area contributed by atoms with E-state index in [1.807, 2.05) is 36.1 Å². The highest BCUT2D eigenvalue weighted by molar-refractivity contribution is 6.30. The number of nitrogens with one attached hydrogen (secondary N) is 1. The predicted octanol–water partition coefficient (Wildman–Crippen LogP) is 3.24. The summed E-state index contributed by atoms with van der Waals surface area (Å²) in [7, 11) is 1.95. The molecule has 1 N–H and O–H groups in total. The van der Waals surface area contributed by atoms with Crippen LogP contribution in [0.25, 0.3) is 11.3 Å². The van der Waals surface area contributed by atoms with Crippen LogP contribution in [0.5, 0.6) is 0 Å². The molecule has 0 amide bonds. The zero-order valence-corrected chi connectivity index (χ0v) is 11.5. The molecular formula is C14H18ClN3. The van der Waals surface area contributed by atoms with Crippen LogP contribution >= 0.6 is 11.6 Å². The Hall–Kier alpha value is -1.32. The first kappa shape index (κ1) is 13.1. The summed E-state index contributed by atoms with van der Waals surface area (Å²) in [6, 6.07) is 8.02. The molecule has 2 aromatic rings. The molecule has 3 nitrogen and oxygen atoms in total. The molecule has 0 atom stereocenters. The molecule has 1 aromatic carbocycles. The summed E-state index contributed by atoms with van der Waals surface area (Å²) in [6.45, 7) is 4.00. The maximum Gasteiger partial charge on any atom is 0.0682 e. The highest BCUT2D eigenvalue weighted by Gasteiger charge is 2.08. The van der Waals surface area contributed by atoms with Crippen LogP contribution in [-0.4, -0.2) is 16.3 Å². The van der Waals surface area contributed by atoms with Crippen molar-refractivity contribution in [2.45, 2.75) is 19.9 Å². The number of rotatable bonds is 5. The monoisotopic (exact) mass is 263 g/mol. The molecule has 0 saturated heterocycles. The van der Waals surface area contributed by atoms with Crippen molar-refractivity contribution in [1.82, 2.24) is 15.1 Å².